The molecule has 1 N–H and O–H groups in total. The smallest absolute Gasteiger partial charge is 0.410 e. The van der Waals surface area contributed by atoms with Gasteiger partial charge < -0.3 is 19.5 Å². The minimum absolute atomic E-state index is 0.130. The number of aliphatic hydroxyl groups excluding tert-OH is 1. The first-order valence-corrected chi connectivity index (χ1v) is 5.91. The van der Waals surface area contributed by atoms with Crippen LogP contribution < -0.4 is 0 Å². The van der Waals surface area contributed by atoms with Crippen LogP contribution in [0.2, 0.25) is 0 Å². The number of amides is 1. The van der Waals surface area contributed by atoms with Crippen LogP contribution in [0.15, 0.2) is 0 Å². The van der Waals surface area contributed by atoms with Gasteiger partial charge in [0.15, 0.2) is 0 Å². The normalized spacial score (nSPS) is 23.9. The van der Waals surface area contributed by atoms with Gasteiger partial charge in [0.05, 0.1) is 13.7 Å². The van der Waals surface area contributed by atoms with Crippen LogP contribution in [0.4, 0.5) is 4.79 Å². The number of aliphatic hydroxyl groups is 1. The Labute approximate surface area is 107 Å². The van der Waals surface area contributed by atoms with Gasteiger partial charge in [-0.25, -0.2) is 4.79 Å². The summed E-state index contributed by atoms with van der Waals surface area (Å²) < 4.78 is 9.91. The van der Waals surface area contributed by atoms with Gasteiger partial charge in [0.1, 0.15) is 11.0 Å². The predicted molar refractivity (Wildman–Crippen MR) is 64.0 cm³/mol. The van der Waals surface area contributed by atoms with E-state index in [0.29, 0.717) is 13.0 Å². The number of likely N-dealkylation sites (tertiary alicyclic amines) is 1. The summed E-state index contributed by atoms with van der Waals surface area (Å²) in [5, 5.41) is 9.37. The summed E-state index contributed by atoms with van der Waals surface area (Å²) in [6.45, 7) is 5.51. The summed E-state index contributed by atoms with van der Waals surface area (Å²) in [5.41, 5.74) is -1.58. The van der Waals surface area contributed by atoms with Gasteiger partial charge in [-0.1, -0.05) is 0 Å². The lowest BCUT2D eigenvalue weighted by Crippen LogP contribution is -2.41. The van der Waals surface area contributed by atoms with Gasteiger partial charge >= 0.3 is 12.1 Å². The average molecular weight is 259 g/mol. The van der Waals surface area contributed by atoms with Crippen molar-refractivity contribution in [3.63, 3.8) is 0 Å². The minimum atomic E-state index is -1.01. The Morgan fingerprint density at radius 2 is 2.00 bits per heavy atom. The number of ether oxygens (including phenoxy) is 2. The van der Waals surface area contributed by atoms with E-state index < -0.39 is 23.1 Å². The standard InChI is InChI=1S/C12H21NO5/c1-11(2,3)18-10(16)13-6-5-12(7-13,8-14)9(15)17-4/h14H,5-8H2,1-4H3. The third-order valence-electron chi connectivity index (χ3n) is 2.93. The minimum Gasteiger partial charge on any atom is -0.468 e. The van der Waals surface area contributed by atoms with Gasteiger partial charge in [-0.2, -0.15) is 0 Å². The van der Waals surface area contributed by atoms with Crippen LogP contribution in [0.5, 0.6) is 0 Å². The lowest BCUT2D eigenvalue weighted by molar-refractivity contribution is -0.154. The number of nitrogens with zero attached hydrogens (tertiary/aromatic N) is 1. The zero-order valence-electron chi connectivity index (χ0n) is 11.4. The molecule has 104 valence electrons. The second-order valence-electron chi connectivity index (χ2n) is 5.58. The van der Waals surface area contributed by atoms with E-state index in [4.69, 9.17) is 4.74 Å². The molecule has 1 heterocycles. The zero-order valence-corrected chi connectivity index (χ0v) is 11.4. The highest BCUT2D eigenvalue weighted by Crippen LogP contribution is 2.32. The third kappa shape index (κ3) is 3.13. The third-order valence-corrected chi connectivity index (χ3v) is 2.93. The number of hydrogen-bond donors (Lipinski definition) is 1. The molecule has 1 amide bonds. The van der Waals surface area contributed by atoms with Crippen LogP contribution in [0.1, 0.15) is 27.2 Å². The first-order valence-electron chi connectivity index (χ1n) is 5.91. The topological polar surface area (TPSA) is 76.1 Å². The van der Waals surface area contributed by atoms with E-state index in [2.05, 4.69) is 4.74 Å². The van der Waals surface area contributed by atoms with E-state index >= 15 is 0 Å². The van der Waals surface area contributed by atoms with Gasteiger partial charge in [0.25, 0.3) is 0 Å². The molecule has 0 aromatic heterocycles. The molecule has 1 fully saturated rings. The van der Waals surface area contributed by atoms with Crippen molar-refractivity contribution in [1.29, 1.82) is 0 Å². The molecule has 0 radical (unpaired) electrons. The molecule has 1 aliphatic rings. The molecule has 1 atom stereocenters. The van der Waals surface area contributed by atoms with Crippen molar-refractivity contribution in [3.05, 3.63) is 0 Å². The molecule has 0 bridgehead atoms. The average Bonchev–Trinajstić information content (AvgIpc) is 2.71. The maximum Gasteiger partial charge on any atom is 0.410 e. The van der Waals surface area contributed by atoms with E-state index in [9.17, 15) is 14.7 Å². The molecule has 0 aromatic carbocycles. The van der Waals surface area contributed by atoms with E-state index in [1.807, 2.05) is 0 Å². The van der Waals surface area contributed by atoms with Crippen LogP contribution in [-0.2, 0) is 14.3 Å². The van der Waals surface area contributed by atoms with Crippen molar-refractivity contribution < 1.29 is 24.2 Å². The highest BCUT2D eigenvalue weighted by Gasteiger charge is 2.47. The van der Waals surface area contributed by atoms with Gasteiger partial charge in [0, 0.05) is 13.1 Å². The van der Waals surface area contributed by atoms with E-state index in [-0.39, 0.29) is 13.2 Å². The Kier molecular flexibility index (Phi) is 4.21. The predicted octanol–water partition coefficient (Wildman–Crippen LogP) is 0.779. The van der Waals surface area contributed by atoms with Crippen molar-refractivity contribution in [2.75, 3.05) is 26.8 Å². The fraction of sp³-hybridized carbons (Fsp3) is 0.833. The molecule has 0 aliphatic carbocycles. The fourth-order valence-corrected chi connectivity index (χ4v) is 1.93. The maximum atomic E-state index is 11.8. The molecule has 1 rings (SSSR count). The summed E-state index contributed by atoms with van der Waals surface area (Å²) in [6.07, 6.45) is -0.0863. The van der Waals surface area contributed by atoms with Crippen molar-refractivity contribution >= 4 is 12.1 Å². The highest BCUT2D eigenvalue weighted by molar-refractivity contribution is 5.79. The molecule has 18 heavy (non-hydrogen) atoms. The molecule has 0 spiro atoms. The van der Waals surface area contributed by atoms with E-state index in [1.54, 1.807) is 20.8 Å². The van der Waals surface area contributed by atoms with Gasteiger partial charge in [-0.05, 0) is 27.2 Å². The maximum absolute atomic E-state index is 11.8. The summed E-state index contributed by atoms with van der Waals surface area (Å²) in [6, 6.07) is 0. The number of methoxy groups -OCH3 is 1. The summed E-state index contributed by atoms with van der Waals surface area (Å²) in [7, 11) is 1.27. The van der Waals surface area contributed by atoms with Gasteiger partial charge in [-0.15, -0.1) is 0 Å². The Morgan fingerprint density at radius 3 is 2.44 bits per heavy atom. The van der Waals surface area contributed by atoms with E-state index in [0.717, 1.165) is 0 Å². The first-order chi connectivity index (χ1) is 8.24. The monoisotopic (exact) mass is 259 g/mol. The molecular weight excluding hydrogens is 238 g/mol. The fourth-order valence-electron chi connectivity index (χ4n) is 1.93. The van der Waals surface area contributed by atoms with Crippen molar-refractivity contribution in [2.45, 2.75) is 32.8 Å². The van der Waals surface area contributed by atoms with Crippen molar-refractivity contribution in [3.8, 4) is 0 Å². The number of esters is 1. The van der Waals surface area contributed by atoms with Gasteiger partial charge in [0.2, 0.25) is 0 Å². The Balaban J connectivity index is 2.70. The lowest BCUT2D eigenvalue weighted by Gasteiger charge is -2.26. The zero-order chi connectivity index (χ0) is 14.0. The van der Waals surface area contributed by atoms with Crippen LogP contribution in [-0.4, -0.2) is 54.5 Å². The van der Waals surface area contributed by atoms with E-state index in [1.165, 1.54) is 12.0 Å². The summed E-state index contributed by atoms with van der Waals surface area (Å²) in [4.78, 5) is 24.9. The van der Waals surface area contributed by atoms with Gasteiger partial charge in [-0.3, -0.25) is 4.79 Å². The quantitative estimate of drug-likeness (QED) is 0.742. The number of hydrogen-bond acceptors (Lipinski definition) is 5. The highest BCUT2D eigenvalue weighted by atomic mass is 16.6. The van der Waals surface area contributed by atoms with Crippen LogP contribution in [0, 0.1) is 5.41 Å². The Morgan fingerprint density at radius 1 is 1.39 bits per heavy atom. The molecule has 6 nitrogen and oxygen atoms in total. The second-order valence-corrected chi connectivity index (χ2v) is 5.58. The molecule has 1 aliphatic heterocycles. The largest absolute Gasteiger partial charge is 0.468 e. The Bertz CT molecular complexity index is 336. The number of carbonyl (C=O) groups excluding carboxylic acids is 2. The Hall–Kier alpha value is -1.30. The SMILES string of the molecule is COC(=O)C1(CO)CCN(C(=O)OC(C)(C)C)C1. The number of rotatable bonds is 2. The second kappa shape index (κ2) is 5.14. The van der Waals surface area contributed by atoms with Crippen LogP contribution >= 0.6 is 0 Å². The van der Waals surface area contributed by atoms with Crippen LogP contribution in [0.3, 0.4) is 0 Å². The first kappa shape index (κ1) is 14.8. The number of carbonyl (C=O) groups is 2. The molecule has 6 heteroatoms. The van der Waals surface area contributed by atoms with Crippen molar-refractivity contribution in [2.24, 2.45) is 5.41 Å². The summed E-state index contributed by atoms with van der Waals surface area (Å²) >= 11 is 0. The van der Waals surface area contributed by atoms with Crippen LogP contribution in [0.25, 0.3) is 0 Å². The lowest BCUT2D eigenvalue weighted by atomic mass is 9.88. The molecular formula is C12H21NO5. The molecule has 0 aromatic rings. The summed E-state index contributed by atoms with van der Waals surface area (Å²) in [5.74, 6) is -0.490. The molecule has 1 unspecified atom stereocenters. The molecule has 1 saturated heterocycles. The molecule has 0 saturated carbocycles. The van der Waals surface area contributed by atoms with Crippen molar-refractivity contribution in [1.82, 2.24) is 4.90 Å².